The zero-order valence-electron chi connectivity index (χ0n) is 10.7. The highest BCUT2D eigenvalue weighted by Gasteiger charge is 2.17. The lowest BCUT2D eigenvalue weighted by atomic mass is 10.2. The van der Waals surface area contributed by atoms with Gasteiger partial charge in [0.05, 0.1) is 24.6 Å². The fourth-order valence-electron chi connectivity index (χ4n) is 1.56. The summed E-state index contributed by atoms with van der Waals surface area (Å²) < 4.78 is 10.2. The van der Waals surface area contributed by atoms with Crippen LogP contribution < -0.4 is 10.5 Å². The van der Waals surface area contributed by atoms with Crippen molar-refractivity contribution in [3.63, 3.8) is 0 Å². The van der Waals surface area contributed by atoms with Crippen LogP contribution in [0.3, 0.4) is 0 Å². The Bertz CT molecular complexity index is 692. The van der Waals surface area contributed by atoms with Crippen molar-refractivity contribution in [2.45, 2.75) is 0 Å². The number of nitrogens with zero attached hydrogens (tertiary/aromatic N) is 2. The van der Waals surface area contributed by atoms with Gasteiger partial charge in [-0.25, -0.2) is 9.78 Å². The molecule has 0 saturated heterocycles. The van der Waals surface area contributed by atoms with E-state index in [-0.39, 0.29) is 11.4 Å². The van der Waals surface area contributed by atoms with Crippen molar-refractivity contribution in [1.29, 1.82) is 5.26 Å². The fourth-order valence-corrected chi connectivity index (χ4v) is 1.56. The highest BCUT2D eigenvalue weighted by atomic mass is 16.5. The number of aromatic nitrogens is 1. The minimum absolute atomic E-state index is 0.0359. The van der Waals surface area contributed by atoms with Gasteiger partial charge in [-0.1, -0.05) is 12.1 Å². The second kappa shape index (κ2) is 5.71. The van der Waals surface area contributed by atoms with Gasteiger partial charge in [0.15, 0.2) is 0 Å². The summed E-state index contributed by atoms with van der Waals surface area (Å²) in [5, 5.41) is 9.00. The first-order valence-corrected chi connectivity index (χ1v) is 5.66. The number of hydrogen-bond donors (Lipinski definition) is 1. The minimum Gasteiger partial charge on any atom is -0.465 e. The topological polar surface area (TPSA) is 98.2 Å². The number of carbonyl (C=O) groups is 1. The van der Waals surface area contributed by atoms with E-state index in [4.69, 9.17) is 15.7 Å². The summed E-state index contributed by atoms with van der Waals surface area (Å²) in [6.45, 7) is 0. The van der Waals surface area contributed by atoms with Gasteiger partial charge in [0, 0.05) is 0 Å². The van der Waals surface area contributed by atoms with E-state index in [2.05, 4.69) is 9.72 Å². The number of nitriles is 1. The zero-order valence-corrected chi connectivity index (χ0v) is 10.7. The predicted octanol–water partition coefficient (Wildman–Crippen LogP) is 2.11. The number of benzene rings is 1. The molecule has 2 aromatic rings. The summed E-state index contributed by atoms with van der Waals surface area (Å²) in [6.07, 6.45) is 1.36. The molecule has 0 saturated carbocycles. The Balaban J connectivity index is 2.44. The quantitative estimate of drug-likeness (QED) is 0.857. The second-order valence-corrected chi connectivity index (χ2v) is 3.82. The standard InChI is InChI=1S/C14H11N3O3/c1-19-14(18)11-6-10(16)8-17-13(11)20-12-5-3-2-4-9(12)7-15/h2-6,8H,16H2,1H3. The second-order valence-electron chi connectivity index (χ2n) is 3.82. The number of esters is 1. The van der Waals surface area contributed by atoms with Crippen molar-refractivity contribution >= 4 is 11.7 Å². The van der Waals surface area contributed by atoms with Crippen molar-refractivity contribution in [2.75, 3.05) is 12.8 Å². The lowest BCUT2D eigenvalue weighted by Gasteiger charge is -2.10. The van der Waals surface area contributed by atoms with Crippen LogP contribution in [0.4, 0.5) is 5.69 Å². The van der Waals surface area contributed by atoms with E-state index in [1.54, 1.807) is 24.3 Å². The third kappa shape index (κ3) is 2.67. The molecular weight excluding hydrogens is 258 g/mol. The van der Waals surface area contributed by atoms with Gasteiger partial charge in [-0.05, 0) is 18.2 Å². The number of methoxy groups -OCH3 is 1. The number of carbonyl (C=O) groups excluding carboxylic acids is 1. The average molecular weight is 269 g/mol. The molecule has 1 aromatic carbocycles. The molecule has 0 fully saturated rings. The summed E-state index contributed by atoms with van der Waals surface area (Å²) in [5.41, 5.74) is 6.34. The van der Waals surface area contributed by atoms with Crippen LogP contribution >= 0.6 is 0 Å². The van der Waals surface area contributed by atoms with Crippen molar-refractivity contribution in [2.24, 2.45) is 0 Å². The third-order valence-electron chi connectivity index (χ3n) is 2.49. The Morgan fingerprint density at radius 1 is 1.40 bits per heavy atom. The lowest BCUT2D eigenvalue weighted by Crippen LogP contribution is -2.06. The number of rotatable bonds is 3. The maximum Gasteiger partial charge on any atom is 0.343 e. The molecule has 2 N–H and O–H groups in total. The fraction of sp³-hybridized carbons (Fsp3) is 0.0714. The minimum atomic E-state index is -0.616. The average Bonchev–Trinajstić information content (AvgIpc) is 2.48. The molecule has 0 spiro atoms. The molecule has 1 heterocycles. The van der Waals surface area contributed by atoms with Crippen molar-refractivity contribution in [1.82, 2.24) is 4.98 Å². The third-order valence-corrected chi connectivity index (χ3v) is 2.49. The number of para-hydroxylation sites is 1. The molecule has 0 radical (unpaired) electrons. The monoisotopic (exact) mass is 269 g/mol. The molecule has 100 valence electrons. The van der Waals surface area contributed by atoms with E-state index in [0.29, 0.717) is 17.0 Å². The van der Waals surface area contributed by atoms with E-state index >= 15 is 0 Å². The highest BCUT2D eigenvalue weighted by Crippen LogP contribution is 2.27. The largest absolute Gasteiger partial charge is 0.465 e. The van der Waals surface area contributed by atoms with Crippen LogP contribution in [-0.4, -0.2) is 18.1 Å². The van der Waals surface area contributed by atoms with Crippen molar-refractivity contribution < 1.29 is 14.3 Å². The highest BCUT2D eigenvalue weighted by molar-refractivity contribution is 5.92. The molecule has 0 aliphatic heterocycles. The van der Waals surface area contributed by atoms with Gasteiger partial charge in [-0.2, -0.15) is 5.26 Å². The number of nitrogen functional groups attached to an aromatic ring is 1. The normalized spacial score (nSPS) is 9.60. The van der Waals surface area contributed by atoms with Gasteiger partial charge in [0.2, 0.25) is 5.88 Å². The maximum atomic E-state index is 11.7. The Hall–Kier alpha value is -3.07. The summed E-state index contributed by atoms with van der Waals surface area (Å²) in [4.78, 5) is 15.6. The van der Waals surface area contributed by atoms with Crippen LogP contribution in [0.5, 0.6) is 11.6 Å². The lowest BCUT2D eigenvalue weighted by molar-refractivity contribution is 0.0597. The van der Waals surface area contributed by atoms with Gasteiger partial charge in [-0.3, -0.25) is 0 Å². The zero-order chi connectivity index (χ0) is 14.5. The molecule has 0 aliphatic rings. The first-order chi connectivity index (χ1) is 9.65. The van der Waals surface area contributed by atoms with Crippen LogP contribution in [0.1, 0.15) is 15.9 Å². The van der Waals surface area contributed by atoms with Gasteiger partial charge >= 0.3 is 5.97 Å². The predicted molar refractivity (Wildman–Crippen MR) is 71.2 cm³/mol. The van der Waals surface area contributed by atoms with E-state index in [1.807, 2.05) is 6.07 Å². The Morgan fingerprint density at radius 3 is 2.85 bits per heavy atom. The molecule has 2 rings (SSSR count). The van der Waals surface area contributed by atoms with E-state index < -0.39 is 5.97 Å². The molecule has 0 bridgehead atoms. The number of anilines is 1. The number of ether oxygens (including phenoxy) is 2. The van der Waals surface area contributed by atoms with Crippen LogP contribution in [-0.2, 0) is 4.74 Å². The number of hydrogen-bond acceptors (Lipinski definition) is 6. The molecule has 1 aromatic heterocycles. The number of nitrogens with two attached hydrogens (primary N) is 1. The van der Waals surface area contributed by atoms with Crippen LogP contribution in [0.15, 0.2) is 36.5 Å². The smallest absolute Gasteiger partial charge is 0.343 e. The summed E-state index contributed by atoms with van der Waals surface area (Å²) in [6, 6.07) is 10.0. The van der Waals surface area contributed by atoms with Crippen molar-refractivity contribution in [3.05, 3.63) is 47.7 Å². The molecule has 0 amide bonds. The molecule has 0 atom stereocenters. The Kier molecular flexibility index (Phi) is 3.82. The van der Waals surface area contributed by atoms with Gasteiger partial charge in [0.1, 0.15) is 17.4 Å². The van der Waals surface area contributed by atoms with Gasteiger partial charge in [-0.15, -0.1) is 0 Å². The van der Waals surface area contributed by atoms with E-state index in [9.17, 15) is 4.79 Å². The number of pyridine rings is 1. The summed E-state index contributed by atoms with van der Waals surface area (Å²) >= 11 is 0. The van der Waals surface area contributed by atoms with Crippen LogP contribution in [0.25, 0.3) is 0 Å². The molecule has 0 unspecified atom stereocenters. The van der Waals surface area contributed by atoms with Crippen LogP contribution in [0.2, 0.25) is 0 Å². The van der Waals surface area contributed by atoms with Gasteiger partial charge in [0.25, 0.3) is 0 Å². The Morgan fingerprint density at radius 2 is 2.15 bits per heavy atom. The first-order valence-electron chi connectivity index (χ1n) is 5.66. The maximum absolute atomic E-state index is 11.7. The van der Waals surface area contributed by atoms with E-state index in [1.165, 1.54) is 19.4 Å². The van der Waals surface area contributed by atoms with E-state index in [0.717, 1.165) is 0 Å². The summed E-state index contributed by atoms with van der Waals surface area (Å²) in [7, 11) is 1.25. The molecule has 6 heteroatoms. The molecule has 20 heavy (non-hydrogen) atoms. The van der Waals surface area contributed by atoms with Gasteiger partial charge < -0.3 is 15.2 Å². The molecular formula is C14H11N3O3. The Labute approximate surface area is 115 Å². The summed E-state index contributed by atoms with van der Waals surface area (Å²) in [5.74, 6) is -0.277. The SMILES string of the molecule is COC(=O)c1cc(N)cnc1Oc1ccccc1C#N. The molecule has 6 nitrogen and oxygen atoms in total. The van der Waals surface area contributed by atoms with Crippen molar-refractivity contribution in [3.8, 4) is 17.7 Å². The molecule has 0 aliphatic carbocycles. The first kappa shape index (κ1) is 13.4. The van der Waals surface area contributed by atoms with Crippen LogP contribution in [0, 0.1) is 11.3 Å².